The molecule has 1 N–H and O–H groups in total. The van der Waals surface area contributed by atoms with Crippen molar-refractivity contribution in [2.24, 2.45) is 0 Å². The van der Waals surface area contributed by atoms with E-state index >= 15 is 0 Å². The van der Waals surface area contributed by atoms with Crippen molar-refractivity contribution in [1.29, 1.82) is 0 Å². The molecular formula is C16H15ClO2S. The van der Waals surface area contributed by atoms with Gasteiger partial charge in [-0.15, -0.1) is 0 Å². The highest BCUT2D eigenvalue weighted by Crippen LogP contribution is 2.31. The summed E-state index contributed by atoms with van der Waals surface area (Å²) in [7, 11) is 0. The number of halogens is 1. The second-order valence-electron chi connectivity index (χ2n) is 4.42. The molecule has 0 spiro atoms. The average molecular weight is 307 g/mol. The molecule has 2 nitrogen and oxygen atoms in total. The summed E-state index contributed by atoms with van der Waals surface area (Å²) in [6.07, 6.45) is 0.982. The van der Waals surface area contributed by atoms with Crippen molar-refractivity contribution in [3.8, 4) is 0 Å². The summed E-state index contributed by atoms with van der Waals surface area (Å²) in [5, 5.41) is 9.52. The van der Waals surface area contributed by atoms with E-state index in [2.05, 4.69) is 13.0 Å². The lowest BCUT2D eigenvalue weighted by molar-refractivity contribution is -0.136. The molecule has 0 saturated carbocycles. The van der Waals surface area contributed by atoms with Gasteiger partial charge < -0.3 is 5.11 Å². The third kappa shape index (κ3) is 4.02. The van der Waals surface area contributed by atoms with Gasteiger partial charge in [-0.25, -0.2) is 0 Å². The first-order valence-electron chi connectivity index (χ1n) is 6.35. The topological polar surface area (TPSA) is 37.3 Å². The van der Waals surface area contributed by atoms with Crippen molar-refractivity contribution in [2.45, 2.75) is 29.6 Å². The number of aliphatic carboxylic acids is 1. The second kappa shape index (κ2) is 6.82. The molecule has 0 heterocycles. The van der Waals surface area contributed by atoms with Gasteiger partial charge in [0.2, 0.25) is 0 Å². The zero-order valence-corrected chi connectivity index (χ0v) is 12.7. The first kappa shape index (κ1) is 14.9. The highest BCUT2D eigenvalue weighted by molar-refractivity contribution is 7.99. The van der Waals surface area contributed by atoms with Gasteiger partial charge >= 0.3 is 5.97 Å². The van der Waals surface area contributed by atoms with Gasteiger partial charge in [0, 0.05) is 14.8 Å². The number of carboxylic acids is 1. The number of carbonyl (C=O) groups is 1. The normalized spacial score (nSPS) is 10.5. The Morgan fingerprint density at radius 3 is 2.35 bits per heavy atom. The van der Waals surface area contributed by atoms with Crippen LogP contribution >= 0.6 is 23.4 Å². The van der Waals surface area contributed by atoms with Crippen molar-refractivity contribution in [2.75, 3.05) is 0 Å². The summed E-state index contributed by atoms with van der Waals surface area (Å²) in [6.45, 7) is 2.08. The van der Waals surface area contributed by atoms with Crippen LogP contribution in [0.3, 0.4) is 0 Å². The lowest BCUT2D eigenvalue weighted by Gasteiger charge is -2.06. The zero-order valence-electron chi connectivity index (χ0n) is 11.1. The smallest absolute Gasteiger partial charge is 0.307 e. The van der Waals surface area contributed by atoms with E-state index in [9.17, 15) is 4.79 Å². The lowest BCUT2D eigenvalue weighted by Crippen LogP contribution is -1.99. The maximum atomic E-state index is 10.6. The molecule has 0 amide bonds. The molecule has 2 aromatic rings. The first-order chi connectivity index (χ1) is 9.58. The Bertz CT molecular complexity index is 608. The van der Waals surface area contributed by atoms with Crippen LogP contribution in [0.25, 0.3) is 0 Å². The molecular weight excluding hydrogens is 292 g/mol. The average Bonchev–Trinajstić information content (AvgIpc) is 2.41. The van der Waals surface area contributed by atoms with Crippen molar-refractivity contribution in [3.05, 3.63) is 58.6 Å². The largest absolute Gasteiger partial charge is 0.481 e. The summed E-state index contributed by atoms with van der Waals surface area (Å²) < 4.78 is 0. The molecule has 2 aromatic carbocycles. The van der Waals surface area contributed by atoms with Crippen LogP contribution in [0.2, 0.25) is 5.02 Å². The van der Waals surface area contributed by atoms with E-state index in [1.165, 1.54) is 0 Å². The van der Waals surface area contributed by atoms with E-state index in [1.807, 2.05) is 36.4 Å². The molecule has 0 aliphatic carbocycles. The van der Waals surface area contributed by atoms with E-state index in [0.29, 0.717) is 0 Å². The summed E-state index contributed by atoms with van der Waals surface area (Å²) in [5.74, 6) is -0.813. The Kier molecular flexibility index (Phi) is 5.10. The van der Waals surface area contributed by atoms with E-state index in [-0.39, 0.29) is 6.42 Å². The Hall–Kier alpha value is -1.45. The Balaban J connectivity index is 2.10. The van der Waals surface area contributed by atoms with Gasteiger partial charge in [0.15, 0.2) is 0 Å². The molecule has 0 unspecified atom stereocenters. The van der Waals surface area contributed by atoms with Crippen molar-refractivity contribution < 1.29 is 9.90 Å². The molecule has 20 heavy (non-hydrogen) atoms. The van der Waals surface area contributed by atoms with E-state index in [0.717, 1.165) is 32.4 Å². The fourth-order valence-electron chi connectivity index (χ4n) is 1.86. The number of benzene rings is 2. The van der Waals surface area contributed by atoms with E-state index < -0.39 is 5.97 Å². The molecule has 0 saturated heterocycles. The Labute approximate surface area is 127 Å². The highest BCUT2D eigenvalue weighted by atomic mass is 35.5. The molecule has 0 atom stereocenters. The van der Waals surface area contributed by atoms with Crippen LogP contribution < -0.4 is 0 Å². The number of hydrogen-bond donors (Lipinski definition) is 1. The SMILES string of the molecule is CCc1ccc(Sc2ccc(CC(=O)O)cc2)cc1Cl. The molecule has 0 bridgehead atoms. The summed E-state index contributed by atoms with van der Waals surface area (Å²) >= 11 is 7.82. The van der Waals surface area contributed by atoms with Crippen LogP contribution in [0.4, 0.5) is 0 Å². The fraction of sp³-hybridized carbons (Fsp3) is 0.188. The van der Waals surface area contributed by atoms with Gasteiger partial charge in [0.05, 0.1) is 6.42 Å². The van der Waals surface area contributed by atoms with Crippen LogP contribution in [0, 0.1) is 0 Å². The van der Waals surface area contributed by atoms with Crippen molar-refractivity contribution in [1.82, 2.24) is 0 Å². The minimum Gasteiger partial charge on any atom is -0.481 e. The maximum absolute atomic E-state index is 10.6. The van der Waals surface area contributed by atoms with Crippen LogP contribution in [0.15, 0.2) is 52.3 Å². The third-order valence-corrected chi connectivity index (χ3v) is 4.27. The first-order valence-corrected chi connectivity index (χ1v) is 7.55. The number of hydrogen-bond acceptors (Lipinski definition) is 2. The van der Waals surface area contributed by atoms with Crippen molar-refractivity contribution >= 4 is 29.3 Å². The molecule has 0 aliphatic heterocycles. The van der Waals surface area contributed by atoms with Gasteiger partial charge in [-0.05, 0) is 41.8 Å². The predicted octanol–water partition coefficient (Wildman–Crippen LogP) is 4.68. The molecule has 104 valence electrons. The van der Waals surface area contributed by atoms with Crippen molar-refractivity contribution in [3.63, 3.8) is 0 Å². The quantitative estimate of drug-likeness (QED) is 0.871. The number of aryl methyl sites for hydroxylation is 1. The Morgan fingerprint density at radius 1 is 1.15 bits per heavy atom. The molecule has 0 radical (unpaired) electrons. The molecule has 0 aromatic heterocycles. The molecule has 0 fully saturated rings. The molecule has 4 heteroatoms. The Morgan fingerprint density at radius 2 is 1.80 bits per heavy atom. The molecule has 2 rings (SSSR count). The number of carboxylic acid groups (broad SMARTS) is 1. The van der Waals surface area contributed by atoms with E-state index in [1.54, 1.807) is 11.8 Å². The van der Waals surface area contributed by atoms with Gasteiger partial charge in [0.25, 0.3) is 0 Å². The van der Waals surface area contributed by atoms with Crippen LogP contribution in [0.5, 0.6) is 0 Å². The lowest BCUT2D eigenvalue weighted by atomic mass is 10.2. The van der Waals surface area contributed by atoms with Crippen LogP contribution in [-0.2, 0) is 17.6 Å². The summed E-state index contributed by atoms with van der Waals surface area (Å²) in [4.78, 5) is 12.8. The minimum atomic E-state index is -0.813. The van der Waals surface area contributed by atoms with E-state index in [4.69, 9.17) is 16.7 Å². The highest BCUT2D eigenvalue weighted by Gasteiger charge is 2.04. The standard InChI is InChI=1S/C16H15ClO2S/c1-2-12-5-8-14(10-15(12)17)20-13-6-3-11(4-7-13)9-16(18)19/h3-8,10H,2,9H2,1H3,(H,18,19). The second-order valence-corrected chi connectivity index (χ2v) is 5.98. The third-order valence-electron chi connectivity index (χ3n) is 2.92. The molecule has 0 aliphatic rings. The predicted molar refractivity (Wildman–Crippen MR) is 82.7 cm³/mol. The van der Waals surface area contributed by atoms with Gasteiger partial charge in [0.1, 0.15) is 0 Å². The van der Waals surface area contributed by atoms with Gasteiger partial charge in [-0.3, -0.25) is 4.79 Å². The monoisotopic (exact) mass is 306 g/mol. The maximum Gasteiger partial charge on any atom is 0.307 e. The zero-order chi connectivity index (χ0) is 14.5. The van der Waals surface area contributed by atoms with Gasteiger partial charge in [-0.2, -0.15) is 0 Å². The van der Waals surface area contributed by atoms with Gasteiger partial charge in [-0.1, -0.05) is 48.5 Å². The van der Waals surface area contributed by atoms with Crippen LogP contribution in [-0.4, -0.2) is 11.1 Å². The number of rotatable bonds is 5. The minimum absolute atomic E-state index is 0.0575. The van der Waals surface area contributed by atoms with Crippen LogP contribution in [0.1, 0.15) is 18.1 Å². The summed E-state index contributed by atoms with van der Waals surface area (Å²) in [5.41, 5.74) is 1.95. The fourth-order valence-corrected chi connectivity index (χ4v) is 3.10. The summed E-state index contributed by atoms with van der Waals surface area (Å²) in [6, 6.07) is 13.6.